The lowest BCUT2D eigenvalue weighted by atomic mass is 10.00. The number of nitrogens with one attached hydrogen (secondary N) is 1. The maximum Gasteiger partial charge on any atom is 0.434 e. The molecule has 0 aliphatic carbocycles. The molecule has 3 N–H and O–H groups in total. The van der Waals surface area contributed by atoms with E-state index in [9.17, 15) is 9.59 Å². The highest BCUT2D eigenvalue weighted by Gasteiger charge is 2.10. The van der Waals surface area contributed by atoms with E-state index in [-0.39, 0.29) is 17.7 Å². The van der Waals surface area contributed by atoms with Crippen LogP contribution >= 0.6 is 0 Å². The molecule has 0 radical (unpaired) electrons. The number of aromatic amines is 1. The van der Waals surface area contributed by atoms with Gasteiger partial charge in [-0.15, -0.1) is 5.10 Å². The molecular formula is C12H13N3O3. The van der Waals surface area contributed by atoms with Crippen LogP contribution in [0.4, 0.5) is 0 Å². The van der Waals surface area contributed by atoms with Gasteiger partial charge in [-0.3, -0.25) is 4.79 Å². The van der Waals surface area contributed by atoms with Gasteiger partial charge in [-0.1, -0.05) is 19.1 Å². The molecule has 0 saturated carbocycles. The number of hydrogen-bond donors (Lipinski definition) is 2. The van der Waals surface area contributed by atoms with Crippen LogP contribution in [0.5, 0.6) is 0 Å². The normalized spacial score (nSPS) is 12.3. The van der Waals surface area contributed by atoms with E-state index >= 15 is 0 Å². The third-order valence-electron chi connectivity index (χ3n) is 2.67. The van der Waals surface area contributed by atoms with Crippen LogP contribution in [0.1, 0.15) is 12.5 Å². The molecule has 0 saturated heterocycles. The summed E-state index contributed by atoms with van der Waals surface area (Å²) < 4.78 is 4.83. The molecule has 0 aliphatic heterocycles. The van der Waals surface area contributed by atoms with Gasteiger partial charge >= 0.3 is 5.76 Å². The van der Waals surface area contributed by atoms with E-state index in [1.807, 2.05) is 12.1 Å². The molecule has 0 bridgehead atoms. The standard InChI is InChI=1S/C12H13N3O3/c1-7(10(13)16)6-8-2-4-9(5-3-8)11-14-15-12(17)18-11/h2-5,7H,6H2,1H3,(H2,13,16)(H,15,17). The van der Waals surface area contributed by atoms with Crippen LogP contribution in [-0.2, 0) is 11.2 Å². The summed E-state index contributed by atoms with van der Waals surface area (Å²) in [5.74, 6) is -0.873. The van der Waals surface area contributed by atoms with E-state index in [2.05, 4.69) is 10.2 Å². The highest BCUT2D eigenvalue weighted by Crippen LogP contribution is 2.17. The molecule has 1 aromatic heterocycles. The van der Waals surface area contributed by atoms with Gasteiger partial charge < -0.3 is 10.2 Å². The van der Waals surface area contributed by atoms with Crippen molar-refractivity contribution in [3.63, 3.8) is 0 Å². The first-order valence-electron chi connectivity index (χ1n) is 5.50. The average molecular weight is 247 g/mol. The van der Waals surface area contributed by atoms with Crippen LogP contribution in [0.25, 0.3) is 11.5 Å². The minimum absolute atomic E-state index is 0.209. The number of aromatic nitrogens is 2. The number of benzene rings is 1. The minimum Gasteiger partial charge on any atom is -0.388 e. The maximum absolute atomic E-state index is 11.0. The smallest absolute Gasteiger partial charge is 0.388 e. The van der Waals surface area contributed by atoms with Crippen molar-refractivity contribution in [2.24, 2.45) is 11.7 Å². The van der Waals surface area contributed by atoms with E-state index in [0.29, 0.717) is 12.0 Å². The SMILES string of the molecule is CC(Cc1ccc(-c2n[nH]c(=O)o2)cc1)C(N)=O. The molecule has 0 aliphatic rings. The summed E-state index contributed by atoms with van der Waals surface area (Å²) in [5.41, 5.74) is 6.89. The average Bonchev–Trinajstić information content (AvgIpc) is 2.76. The summed E-state index contributed by atoms with van der Waals surface area (Å²) in [7, 11) is 0. The number of hydrogen-bond acceptors (Lipinski definition) is 4. The first-order valence-corrected chi connectivity index (χ1v) is 5.50. The van der Waals surface area contributed by atoms with Gasteiger partial charge in [0.05, 0.1) is 0 Å². The van der Waals surface area contributed by atoms with Gasteiger partial charge in [-0.2, -0.15) is 0 Å². The number of primary amides is 1. The second-order valence-electron chi connectivity index (χ2n) is 4.12. The van der Waals surface area contributed by atoms with Crippen LogP contribution < -0.4 is 11.5 Å². The second-order valence-corrected chi connectivity index (χ2v) is 4.12. The Hall–Kier alpha value is -2.37. The molecule has 2 aromatic rings. The van der Waals surface area contributed by atoms with Gasteiger partial charge in [0.2, 0.25) is 11.8 Å². The monoisotopic (exact) mass is 247 g/mol. The van der Waals surface area contributed by atoms with Crippen LogP contribution in [0.2, 0.25) is 0 Å². The van der Waals surface area contributed by atoms with Crippen molar-refractivity contribution < 1.29 is 9.21 Å². The van der Waals surface area contributed by atoms with Gasteiger partial charge in [-0.05, 0) is 24.1 Å². The second kappa shape index (κ2) is 4.87. The Morgan fingerprint density at radius 3 is 2.61 bits per heavy atom. The van der Waals surface area contributed by atoms with Crippen molar-refractivity contribution in [3.05, 3.63) is 40.4 Å². The Morgan fingerprint density at radius 1 is 1.44 bits per heavy atom. The predicted octanol–water partition coefficient (Wildman–Crippen LogP) is 0.694. The lowest BCUT2D eigenvalue weighted by Crippen LogP contribution is -2.22. The predicted molar refractivity (Wildman–Crippen MR) is 64.6 cm³/mol. The Kier molecular flexibility index (Phi) is 3.27. The van der Waals surface area contributed by atoms with Crippen molar-refractivity contribution in [1.82, 2.24) is 10.2 Å². The van der Waals surface area contributed by atoms with Crippen molar-refractivity contribution in [1.29, 1.82) is 0 Å². The molecule has 94 valence electrons. The number of rotatable bonds is 4. The summed E-state index contributed by atoms with van der Waals surface area (Å²) in [6, 6.07) is 7.26. The van der Waals surface area contributed by atoms with Crippen molar-refractivity contribution in [3.8, 4) is 11.5 Å². The van der Waals surface area contributed by atoms with E-state index in [1.165, 1.54) is 0 Å². The molecular weight excluding hydrogens is 234 g/mol. The molecule has 1 aromatic carbocycles. The molecule has 0 fully saturated rings. The summed E-state index contributed by atoms with van der Waals surface area (Å²) >= 11 is 0. The number of H-pyrrole nitrogens is 1. The third kappa shape index (κ3) is 2.65. The minimum atomic E-state index is -0.587. The molecule has 2 rings (SSSR count). The quantitative estimate of drug-likeness (QED) is 0.829. The largest absolute Gasteiger partial charge is 0.434 e. The number of nitrogens with two attached hydrogens (primary N) is 1. The number of carbonyl (C=O) groups excluding carboxylic acids is 1. The van der Waals surface area contributed by atoms with Crippen LogP contribution in [0.3, 0.4) is 0 Å². The lowest BCUT2D eigenvalue weighted by Gasteiger charge is -2.07. The number of amides is 1. The van der Waals surface area contributed by atoms with Crippen LogP contribution in [-0.4, -0.2) is 16.1 Å². The molecule has 1 unspecified atom stereocenters. The Morgan fingerprint density at radius 2 is 2.11 bits per heavy atom. The molecule has 1 atom stereocenters. The highest BCUT2D eigenvalue weighted by atomic mass is 16.4. The van der Waals surface area contributed by atoms with E-state index in [0.717, 1.165) is 5.56 Å². The van der Waals surface area contributed by atoms with Gasteiger partial charge in [0, 0.05) is 11.5 Å². The lowest BCUT2D eigenvalue weighted by molar-refractivity contribution is -0.121. The number of nitrogens with zero attached hydrogens (tertiary/aromatic N) is 1. The summed E-state index contributed by atoms with van der Waals surface area (Å²) in [4.78, 5) is 21.8. The maximum atomic E-state index is 11.0. The summed E-state index contributed by atoms with van der Waals surface area (Å²) in [5, 5.41) is 5.92. The molecule has 0 spiro atoms. The van der Waals surface area contributed by atoms with E-state index < -0.39 is 5.76 Å². The van der Waals surface area contributed by atoms with Crippen molar-refractivity contribution in [2.75, 3.05) is 0 Å². The Bertz CT molecular complexity index is 598. The van der Waals surface area contributed by atoms with Gasteiger partial charge in [0.1, 0.15) is 0 Å². The Balaban J connectivity index is 2.15. The van der Waals surface area contributed by atoms with Crippen LogP contribution in [0, 0.1) is 5.92 Å². The van der Waals surface area contributed by atoms with Gasteiger partial charge in [0.25, 0.3) is 0 Å². The fourth-order valence-electron chi connectivity index (χ4n) is 1.59. The zero-order valence-electron chi connectivity index (χ0n) is 9.84. The summed E-state index contributed by atoms with van der Waals surface area (Å²) in [6.45, 7) is 1.78. The van der Waals surface area contributed by atoms with Gasteiger partial charge in [0.15, 0.2) is 0 Å². The zero-order chi connectivity index (χ0) is 13.1. The molecule has 6 heteroatoms. The first-order chi connectivity index (χ1) is 8.56. The number of carbonyl (C=O) groups is 1. The van der Waals surface area contributed by atoms with Crippen LogP contribution in [0.15, 0.2) is 33.5 Å². The molecule has 1 heterocycles. The fraction of sp³-hybridized carbons (Fsp3) is 0.250. The topological polar surface area (TPSA) is 102 Å². The van der Waals surface area contributed by atoms with E-state index in [1.54, 1.807) is 19.1 Å². The highest BCUT2D eigenvalue weighted by molar-refractivity contribution is 5.76. The fourth-order valence-corrected chi connectivity index (χ4v) is 1.59. The third-order valence-corrected chi connectivity index (χ3v) is 2.67. The van der Waals surface area contributed by atoms with Crippen molar-refractivity contribution >= 4 is 5.91 Å². The zero-order valence-corrected chi connectivity index (χ0v) is 9.84. The van der Waals surface area contributed by atoms with Gasteiger partial charge in [-0.25, -0.2) is 9.89 Å². The summed E-state index contributed by atoms with van der Waals surface area (Å²) in [6.07, 6.45) is 0.583. The van der Waals surface area contributed by atoms with E-state index in [4.69, 9.17) is 10.2 Å². The molecule has 6 nitrogen and oxygen atoms in total. The van der Waals surface area contributed by atoms with Crippen molar-refractivity contribution in [2.45, 2.75) is 13.3 Å². The molecule has 18 heavy (non-hydrogen) atoms. The molecule has 1 amide bonds. The Labute approximate surface area is 103 Å². The first kappa shape index (κ1) is 12.1.